The van der Waals surface area contributed by atoms with Crippen molar-refractivity contribution in [3.8, 4) is 0 Å². The molecule has 0 saturated carbocycles. The Kier molecular flexibility index (Phi) is 6.19. The Balaban J connectivity index is 1.74. The van der Waals surface area contributed by atoms with Crippen LogP contribution in [0.2, 0.25) is 0 Å². The molecule has 0 bridgehead atoms. The van der Waals surface area contributed by atoms with E-state index in [-0.39, 0.29) is 15.4 Å². The zero-order valence-corrected chi connectivity index (χ0v) is 18.8. The van der Waals surface area contributed by atoms with Gasteiger partial charge in [-0.15, -0.1) is 0 Å². The number of sulfone groups is 1. The average molecular weight is 459 g/mol. The van der Waals surface area contributed by atoms with Crippen molar-refractivity contribution in [2.75, 3.05) is 16.3 Å². The second kappa shape index (κ2) is 8.52. The molecule has 0 aliphatic heterocycles. The molecule has 0 fully saturated rings. The summed E-state index contributed by atoms with van der Waals surface area (Å²) < 4.78 is 51.1. The SMILES string of the molecule is Cc1cccc(C)c1NS(=O)(=O)c1ccc(NC(=O)c2ccc(S(C)(=O)=O)cc2)cc1. The first-order chi connectivity index (χ1) is 14.5. The predicted molar refractivity (Wildman–Crippen MR) is 121 cm³/mol. The van der Waals surface area contributed by atoms with Crippen LogP contribution in [0.25, 0.3) is 0 Å². The first-order valence-electron chi connectivity index (χ1n) is 9.28. The smallest absolute Gasteiger partial charge is 0.261 e. The molecule has 0 atom stereocenters. The van der Waals surface area contributed by atoms with Crippen LogP contribution in [0.1, 0.15) is 21.5 Å². The molecule has 0 unspecified atom stereocenters. The summed E-state index contributed by atoms with van der Waals surface area (Å²) in [7, 11) is -7.14. The van der Waals surface area contributed by atoms with E-state index in [1.165, 1.54) is 48.5 Å². The van der Waals surface area contributed by atoms with Crippen molar-refractivity contribution in [2.24, 2.45) is 0 Å². The third-order valence-electron chi connectivity index (χ3n) is 4.68. The van der Waals surface area contributed by atoms with Crippen molar-refractivity contribution in [3.63, 3.8) is 0 Å². The number of carbonyl (C=O) groups is 1. The number of sulfonamides is 1. The molecule has 31 heavy (non-hydrogen) atoms. The maximum atomic E-state index is 12.7. The number of nitrogens with one attached hydrogen (secondary N) is 2. The molecule has 3 aromatic carbocycles. The molecule has 3 rings (SSSR count). The summed E-state index contributed by atoms with van der Waals surface area (Å²) in [6.45, 7) is 3.65. The number of para-hydroxylation sites is 1. The van der Waals surface area contributed by atoms with Crippen LogP contribution in [-0.2, 0) is 19.9 Å². The van der Waals surface area contributed by atoms with Gasteiger partial charge in [0, 0.05) is 17.5 Å². The lowest BCUT2D eigenvalue weighted by Gasteiger charge is -2.13. The monoisotopic (exact) mass is 458 g/mol. The molecule has 0 aromatic heterocycles. The van der Waals surface area contributed by atoms with E-state index >= 15 is 0 Å². The molecule has 2 N–H and O–H groups in total. The lowest BCUT2D eigenvalue weighted by molar-refractivity contribution is 0.102. The molecule has 1 amide bonds. The fraction of sp³-hybridized carbons (Fsp3) is 0.136. The molecule has 0 saturated heterocycles. The van der Waals surface area contributed by atoms with Gasteiger partial charge in [-0.05, 0) is 73.5 Å². The van der Waals surface area contributed by atoms with Gasteiger partial charge in [0.1, 0.15) is 0 Å². The van der Waals surface area contributed by atoms with E-state index in [1.54, 1.807) is 0 Å². The highest BCUT2D eigenvalue weighted by Gasteiger charge is 2.17. The fourth-order valence-electron chi connectivity index (χ4n) is 2.94. The van der Waals surface area contributed by atoms with E-state index in [2.05, 4.69) is 10.0 Å². The van der Waals surface area contributed by atoms with Gasteiger partial charge in [0.2, 0.25) is 0 Å². The zero-order chi connectivity index (χ0) is 22.8. The Labute approximate surface area is 182 Å². The molecule has 9 heteroatoms. The summed E-state index contributed by atoms with van der Waals surface area (Å²) in [4.78, 5) is 12.6. The molecular weight excluding hydrogens is 436 g/mol. The summed E-state index contributed by atoms with van der Waals surface area (Å²) in [5, 5.41) is 2.66. The van der Waals surface area contributed by atoms with Crippen molar-refractivity contribution >= 4 is 37.1 Å². The van der Waals surface area contributed by atoms with E-state index in [0.29, 0.717) is 11.4 Å². The number of benzene rings is 3. The highest BCUT2D eigenvalue weighted by Crippen LogP contribution is 2.24. The first kappa shape index (κ1) is 22.5. The third-order valence-corrected chi connectivity index (χ3v) is 7.18. The fourth-order valence-corrected chi connectivity index (χ4v) is 4.78. The Morgan fingerprint density at radius 2 is 1.26 bits per heavy atom. The standard InChI is InChI=1S/C22H22N2O5S2/c1-15-5-4-6-16(2)21(15)24-31(28,29)20-13-9-18(10-14-20)23-22(25)17-7-11-19(12-8-17)30(3,26)27/h4-14,24H,1-3H3,(H,23,25). The highest BCUT2D eigenvalue weighted by molar-refractivity contribution is 7.92. The van der Waals surface area contributed by atoms with Crippen LogP contribution < -0.4 is 10.0 Å². The molecule has 0 aliphatic rings. The second-order valence-corrected chi connectivity index (χ2v) is 10.8. The van der Waals surface area contributed by atoms with Gasteiger partial charge >= 0.3 is 0 Å². The molecule has 3 aromatic rings. The second-order valence-electron chi connectivity index (χ2n) is 7.15. The first-order valence-corrected chi connectivity index (χ1v) is 12.7. The lowest BCUT2D eigenvalue weighted by atomic mass is 10.1. The van der Waals surface area contributed by atoms with E-state index in [9.17, 15) is 21.6 Å². The summed E-state index contributed by atoms with van der Waals surface area (Å²) in [5.41, 5.74) is 2.85. The minimum Gasteiger partial charge on any atom is -0.322 e. The Hall–Kier alpha value is -3.17. The number of hydrogen-bond donors (Lipinski definition) is 2. The Morgan fingerprint density at radius 3 is 1.77 bits per heavy atom. The van der Waals surface area contributed by atoms with E-state index in [1.807, 2.05) is 32.0 Å². The Morgan fingerprint density at radius 1 is 0.742 bits per heavy atom. The quantitative estimate of drug-likeness (QED) is 0.585. The van der Waals surface area contributed by atoms with Crippen LogP contribution in [0.3, 0.4) is 0 Å². The van der Waals surface area contributed by atoms with Gasteiger partial charge < -0.3 is 5.32 Å². The van der Waals surface area contributed by atoms with Crippen molar-refractivity contribution in [1.82, 2.24) is 0 Å². The number of rotatable bonds is 6. The van der Waals surface area contributed by atoms with Gasteiger partial charge in [0.25, 0.3) is 15.9 Å². The van der Waals surface area contributed by atoms with Crippen LogP contribution in [0.15, 0.2) is 76.5 Å². The van der Waals surface area contributed by atoms with E-state index in [4.69, 9.17) is 0 Å². The number of carbonyl (C=O) groups excluding carboxylic acids is 1. The maximum Gasteiger partial charge on any atom is 0.261 e. The molecule has 0 radical (unpaired) electrons. The van der Waals surface area contributed by atoms with Gasteiger partial charge in [-0.2, -0.15) is 0 Å². The zero-order valence-electron chi connectivity index (χ0n) is 17.2. The predicted octanol–water partition coefficient (Wildman–Crippen LogP) is 3.76. The van der Waals surface area contributed by atoms with Crippen molar-refractivity contribution in [2.45, 2.75) is 23.6 Å². The van der Waals surface area contributed by atoms with E-state index in [0.717, 1.165) is 17.4 Å². The highest BCUT2D eigenvalue weighted by atomic mass is 32.2. The van der Waals surface area contributed by atoms with Crippen LogP contribution in [0.4, 0.5) is 11.4 Å². The molecule has 0 heterocycles. The van der Waals surface area contributed by atoms with Crippen LogP contribution in [0, 0.1) is 13.8 Å². The van der Waals surface area contributed by atoms with Crippen LogP contribution in [-0.4, -0.2) is 29.0 Å². The largest absolute Gasteiger partial charge is 0.322 e. The molecule has 0 aliphatic carbocycles. The van der Waals surface area contributed by atoms with Gasteiger partial charge in [0.05, 0.1) is 15.5 Å². The van der Waals surface area contributed by atoms with Crippen LogP contribution >= 0.6 is 0 Å². The lowest BCUT2D eigenvalue weighted by Crippen LogP contribution is -2.15. The van der Waals surface area contributed by atoms with Crippen molar-refractivity contribution < 1.29 is 21.6 Å². The number of amides is 1. The summed E-state index contributed by atoms with van der Waals surface area (Å²) in [5.74, 6) is -0.440. The number of anilines is 2. The van der Waals surface area contributed by atoms with E-state index < -0.39 is 25.8 Å². The van der Waals surface area contributed by atoms with Gasteiger partial charge in [-0.1, -0.05) is 18.2 Å². The normalized spacial score (nSPS) is 11.7. The molecule has 7 nitrogen and oxygen atoms in total. The summed E-state index contributed by atoms with van der Waals surface area (Å²) >= 11 is 0. The van der Waals surface area contributed by atoms with Crippen molar-refractivity contribution in [3.05, 3.63) is 83.4 Å². The van der Waals surface area contributed by atoms with Crippen LogP contribution in [0.5, 0.6) is 0 Å². The number of aryl methyl sites for hydroxylation is 2. The topological polar surface area (TPSA) is 109 Å². The summed E-state index contributed by atoms with van der Waals surface area (Å²) in [6.07, 6.45) is 1.09. The Bertz CT molecular complexity index is 1310. The molecular formula is C22H22N2O5S2. The van der Waals surface area contributed by atoms with Crippen molar-refractivity contribution in [1.29, 1.82) is 0 Å². The minimum absolute atomic E-state index is 0.0608. The van der Waals surface area contributed by atoms with Gasteiger partial charge in [-0.3, -0.25) is 9.52 Å². The van der Waals surface area contributed by atoms with Gasteiger partial charge in [-0.25, -0.2) is 16.8 Å². The van der Waals surface area contributed by atoms with Gasteiger partial charge in [0.15, 0.2) is 9.84 Å². The number of hydrogen-bond acceptors (Lipinski definition) is 5. The minimum atomic E-state index is -3.79. The summed E-state index contributed by atoms with van der Waals surface area (Å²) in [6, 6.07) is 16.8. The molecule has 0 spiro atoms. The molecule has 162 valence electrons. The third kappa shape index (κ3) is 5.31. The maximum absolute atomic E-state index is 12.7. The average Bonchev–Trinajstić information content (AvgIpc) is 2.71.